The van der Waals surface area contributed by atoms with E-state index < -0.39 is 29.6 Å². The van der Waals surface area contributed by atoms with Gasteiger partial charge in [-0.25, -0.2) is 0 Å². The second-order valence-electron chi connectivity index (χ2n) is 9.42. The molecule has 0 radical (unpaired) electrons. The zero-order chi connectivity index (χ0) is 24.4. The third-order valence-electron chi connectivity index (χ3n) is 7.29. The molecule has 1 unspecified atom stereocenters. The van der Waals surface area contributed by atoms with Gasteiger partial charge >= 0.3 is 0 Å². The summed E-state index contributed by atoms with van der Waals surface area (Å²) in [6, 6.07) is 30.9. The van der Waals surface area contributed by atoms with E-state index >= 15 is 0 Å². The quantitative estimate of drug-likeness (QED) is 0.422. The lowest BCUT2D eigenvalue weighted by atomic mass is 9.66. The van der Waals surface area contributed by atoms with Gasteiger partial charge in [-0.15, -0.1) is 0 Å². The van der Waals surface area contributed by atoms with Gasteiger partial charge in [0.05, 0.1) is 24.2 Å². The third kappa shape index (κ3) is 4.33. The van der Waals surface area contributed by atoms with Crippen LogP contribution in [0.2, 0.25) is 0 Å². The maximum atomic E-state index is 12.6. The van der Waals surface area contributed by atoms with E-state index in [0.29, 0.717) is 18.4 Å². The maximum absolute atomic E-state index is 12.6. The minimum Gasteiger partial charge on any atom is -0.390 e. The number of imide groups is 1. The van der Waals surface area contributed by atoms with Gasteiger partial charge in [-0.1, -0.05) is 97.1 Å². The molecule has 2 amide bonds. The van der Waals surface area contributed by atoms with Crippen LogP contribution in [0.15, 0.2) is 103 Å². The standard InChI is InChI=1S/C30H29NO4/c1-20-17-24(29(34)31-28(20)33)26-18-25(32)27(35-26)19-30(21-11-5-2-6-12-21,22-13-7-3-8-14-22)23-15-9-4-10-16-23/h2-17,24-27,32H,18-19H2,1H3,(H,31,33,34)/t24?,25-,26+,27+/m0/s1. The molecule has 2 heterocycles. The number of nitrogens with one attached hydrogen (secondary N) is 1. The van der Waals surface area contributed by atoms with E-state index in [9.17, 15) is 14.7 Å². The zero-order valence-corrected chi connectivity index (χ0v) is 19.6. The average molecular weight is 468 g/mol. The molecule has 0 aromatic heterocycles. The summed E-state index contributed by atoms with van der Waals surface area (Å²) in [5.74, 6) is -1.36. The lowest BCUT2D eigenvalue weighted by molar-refractivity contribution is -0.134. The number of hydrogen-bond acceptors (Lipinski definition) is 4. The number of benzene rings is 3. The number of hydrogen-bond donors (Lipinski definition) is 2. The van der Waals surface area contributed by atoms with Gasteiger partial charge in [0, 0.05) is 17.4 Å². The Morgan fingerprint density at radius 2 is 1.34 bits per heavy atom. The molecule has 5 nitrogen and oxygen atoms in total. The molecule has 5 rings (SSSR count). The van der Waals surface area contributed by atoms with Gasteiger partial charge in [-0.2, -0.15) is 0 Å². The Labute approximate surface area is 205 Å². The first-order valence-corrected chi connectivity index (χ1v) is 12.0. The summed E-state index contributed by atoms with van der Waals surface area (Å²) >= 11 is 0. The molecule has 35 heavy (non-hydrogen) atoms. The number of aliphatic hydroxyl groups is 1. The molecule has 0 bridgehead atoms. The van der Waals surface area contributed by atoms with Crippen LogP contribution in [0.5, 0.6) is 0 Å². The molecule has 0 saturated carbocycles. The highest BCUT2D eigenvalue weighted by Gasteiger charge is 2.47. The van der Waals surface area contributed by atoms with Crippen LogP contribution in [0.3, 0.4) is 0 Å². The molecule has 4 atom stereocenters. The van der Waals surface area contributed by atoms with Gasteiger partial charge < -0.3 is 9.84 Å². The molecule has 1 saturated heterocycles. The minimum absolute atomic E-state index is 0.329. The predicted octanol–water partition coefficient (Wildman–Crippen LogP) is 4.15. The van der Waals surface area contributed by atoms with E-state index in [4.69, 9.17) is 4.74 Å². The topological polar surface area (TPSA) is 75.6 Å². The lowest BCUT2D eigenvalue weighted by Crippen LogP contribution is -2.44. The highest BCUT2D eigenvalue weighted by Crippen LogP contribution is 2.46. The molecule has 3 aromatic rings. The fourth-order valence-electron chi connectivity index (χ4n) is 5.49. The van der Waals surface area contributed by atoms with E-state index in [1.165, 1.54) is 0 Å². The Balaban J connectivity index is 1.56. The van der Waals surface area contributed by atoms with Crippen LogP contribution in [-0.2, 0) is 19.7 Å². The van der Waals surface area contributed by atoms with Gasteiger partial charge in [-0.3, -0.25) is 14.9 Å². The van der Waals surface area contributed by atoms with Gasteiger partial charge in [0.1, 0.15) is 0 Å². The maximum Gasteiger partial charge on any atom is 0.253 e. The minimum atomic E-state index is -0.741. The summed E-state index contributed by atoms with van der Waals surface area (Å²) in [4.78, 5) is 24.4. The second-order valence-corrected chi connectivity index (χ2v) is 9.42. The number of ether oxygens (including phenoxy) is 1. The summed E-state index contributed by atoms with van der Waals surface area (Å²) in [6.45, 7) is 1.68. The van der Waals surface area contributed by atoms with Crippen molar-refractivity contribution in [3.05, 3.63) is 119 Å². The lowest BCUT2D eigenvalue weighted by Gasteiger charge is -2.38. The van der Waals surface area contributed by atoms with Gasteiger partial charge in [-0.05, 0) is 30.0 Å². The highest BCUT2D eigenvalue weighted by molar-refractivity contribution is 6.08. The Bertz CT molecular complexity index is 1130. The normalized spacial score (nSPS) is 24.7. The van der Waals surface area contributed by atoms with Crippen molar-refractivity contribution < 1.29 is 19.4 Å². The molecule has 178 valence electrons. The van der Waals surface area contributed by atoms with Gasteiger partial charge in [0.25, 0.3) is 5.91 Å². The number of aliphatic hydroxyl groups excluding tert-OH is 1. The summed E-state index contributed by atoms with van der Waals surface area (Å²) in [7, 11) is 0. The first kappa shape index (κ1) is 23.2. The zero-order valence-electron chi connectivity index (χ0n) is 19.6. The Morgan fingerprint density at radius 3 is 1.83 bits per heavy atom. The highest BCUT2D eigenvalue weighted by atomic mass is 16.5. The molecular weight excluding hydrogens is 438 g/mol. The fraction of sp³-hybridized carbons (Fsp3) is 0.267. The van der Waals surface area contributed by atoms with E-state index in [0.717, 1.165) is 16.7 Å². The van der Waals surface area contributed by atoms with E-state index in [2.05, 4.69) is 41.7 Å². The number of carbonyl (C=O) groups excluding carboxylic acids is 2. The van der Waals surface area contributed by atoms with Crippen LogP contribution in [0.1, 0.15) is 36.5 Å². The van der Waals surface area contributed by atoms with Crippen molar-refractivity contribution >= 4 is 11.8 Å². The van der Waals surface area contributed by atoms with Crippen molar-refractivity contribution in [3.8, 4) is 0 Å². The summed E-state index contributed by atoms with van der Waals surface area (Å²) < 4.78 is 6.42. The van der Waals surface area contributed by atoms with Crippen LogP contribution in [0, 0.1) is 5.92 Å². The first-order chi connectivity index (χ1) is 17.0. The molecular formula is C30H29NO4. The molecule has 2 aliphatic rings. The van der Waals surface area contributed by atoms with Gasteiger partial charge in [0.2, 0.25) is 5.91 Å². The fourth-order valence-corrected chi connectivity index (χ4v) is 5.49. The van der Waals surface area contributed by atoms with Crippen molar-refractivity contribution in [1.82, 2.24) is 5.32 Å². The molecule has 2 N–H and O–H groups in total. The monoisotopic (exact) mass is 467 g/mol. The molecule has 2 aliphatic heterocycles. The van der Waals surface area contributed by atoms with Crippen molar-refractivity contribution in [2.45, 2.75) is 43.5 Å². The number of amides is 2. The van der Waals surface area contributed by atoms with E-state index in [1.807, 2.05) is 54.6 Å². The van der Waals surface area contributed by atoms with Crippen LogP contribution >= 0.6 is 0 Å². The molecule has 5 heteroatoms. The van der Waals surface area contributed by atoms with E-state index in [-0.39, 0.29) is 11.8 Å². The summed E-state index contributed by atoms with van der Waals surface area (Å²) in [6.07, 6.45) is 0.751. The largest absolute Gasteiger partial charge is 0.390 e. The SMILES string of the molecule is CC1=CC([C@H]2C[C@H](O)[C@@H](CC(c3ccccc3)(c3ccccc3)c3ccccc3)O2)C(=O)NC1=O. The summed E-state index contributed by atoms with van der Waals surface area (Å²) in [5, 5.41) is 13.6. The second kappa shape index (κ2) is 9.61. The smallest absolute Gasteiger partial charge is 0.253 e. The Morgan fingerprint density at radius 1 is 0.857 bits per heavy atom. The van der Waals surface area contributed by atoms with Gasteiger partial charge in [0.15, 0.2) is 0 Å². The van der Waals surface area contributed by atoms with Crippen LogP contribution in [-0.4, -0.2) is 35.2 Å². The molecule has 0 aliphatic carbocycles. The first-order valence-electron chi connectivity index (χ1n) is 12.0. The third-order valence-corrected chi connectivity index (χ3v) is 7.29. The molecule has 3 aromatic carbocycles. The van der Waals surface area contributed by atoms with Crippen molar-refractivity contribution in [2.75, 3.05) is 0 Å². The van der Waals surface area contributed by atoms with Crippen LogP contribution in [0.25, 0.3) is 0 Å². The Hall–Kier alpha value is -3.54. The average Bonchev–Trinajstić information content (AvgIpc) is 3.25. The van der Waals surface area contributed by atoms with Crippen molar-refractivity contribution in [1.29, 1.82) is 0 Å². The van der Waals surface area contributed by atoms with Crippen LogP contribution < -0.4 is 5.32 Å². The molecule has 1 fully saturated rings. The number of carbonyl (C=O) groups is 2. The number of rotatable bonds is 6. The van der Waals surface area contributed by atoms with Crippen molar-refractivity contribution in [2.24, 2.45) is 5.92 Å². The Kier molecular flexibility index (Phi) is 6.37. The molecule has 0 spiro atoms. The van der Waals surface area contributed by atoms with E-state index in [1.54, 1.807) is 13.0 Å². The summed E-state index contributed by atoms with van der Waals surface area (Å²) in [5.41, 5.74) is 3.24. The van der Waals surface area contributed by atoms with Crippen LogP contribution in [0.4, 0.5) is 0 Å². The van der Waals surface area contributed by atoms with Crippen molar-refractivity contribution in [3.63, 3.8) is 0 Å². The predicted molar refractivity (Wildman–Crippen MR) is 134 cm³/mol.